The van der Waals surface area contributed by atoms with Crippen molar-refractivity contribution in [2.75, 3.05) is 52.9 Å². The summed E-state index contributed by atoms with van der Waals surface area (Å²) in [5.74, 6) is -110. The number of carbonyl (C=O) groups excluding carboxylic acids is 8. The lowest BCUT2D eigenvalue weighted by atomic mass is 9.72. The van der Waals surface area contributed by atoms with Crippen LogP contribution in [0, 0.1) is 0 Å². The summed E-state index contributed by atoms with van der Waals surface area (Å²) in [4.78, 5) is 87.3. The van der Waals surface area contributed by atoms with Gasteiger partial charge in [0.15, 0.2) is 0 Å². The van der Waals surface area contributed by atoms with Gasteiger partial charge in [0, 0.05) is 23.3 Å². The van der Waals surface area contributed by atoms with Crippen LogP contribution in [0.4, 0.5) is 158 Å². The highest BCUT2D eigenvalue weighted by molar-refractivity contribution is 5.88. The summed E-state index contributed by atoms with van der Waals surface area (Å²) in [5, 5.41) is 0. The molecule has 2 aliphatic rings. The van der Waals surface area contributed by atoms with Crippen LogP contribution in [0.3, 0.4) is 0 Å². The summed E-state index contributed by atoms with van der Waals surface area (Å²) in [7, 11) is 0. The standard InChI is InChI=1S/C13H9F11O4.C12H7F11O4.C12H13F7O4.C11H11F7O4/c1-5(2)6(25)27-3-4-28-7(26)8(14)9(15,16)11(19,20)13(23,24)12(21,22)10(8,17)18;1-2-5(24)26-3-4-27-6(25)7(13)8(14,15)10(18,19)12(22,23)11(20,21)9(7,16)17;1-7(2)8(20)22-3-4-23-9(21)11(15,16)5-10(13,14)6-12(17,18)19;1-2-7(19)21-3-4-22-8(20)10(14,15)5-9(12,13)6-11(16,17)18/h1,3-4H2,2H3;2H,1,3-4H2;1,3-6H2,2H3;2H,1,3-6H2. The Morgan fingerprint density at radius 1 is 0.300 bits per heavy atom. The maximum atomic E-state index is 14.2. The van der Waals surface area contributed by atoms with Crippen LogP contribution < -0.4 is 0 Å². The van der Waals surface area contributed by atoms with E-state index in [-0.39, 0.29) is 11.1 Å². The molecule has 2 saturated carbocycles. The van der Waals surface area contributed by atoms with Crippen molar-refractivity contribution < 1.29 is 234 Å². The first-order valence-electron chi connectivity index (χ1n) is 24.8. The summed E-state index contributed by atoms with van der Waals surface area (Å²) in [6.45, 7) is 6.09. The van der Waals surface area contributed by atoms with Crippen LogP contribution in [-0.4, -0.2) is 207 Å². The fraction of sp³-hybridized carbons (Fsp3) is 0.667. The first kappa shape index (κ1) is 94.3. The van der Waals surface area contributed by atoms with E-state index in [2.05, 4.69) is 64.2 Å². The van der Waals surface area contributed by atoms with E-state index >= 15 is 0 Å². The maximum absolute atomic E-state index is 14.2. The van der Waals surface area contributed by atoms with Crippen molar-refractivity contribution in [2.24, 2.45) is 0 Å². The summed E-state index contributed by atoms with van der Waals surface area (Å²) < 4.78 is 500. The van der Waals surface area contributed by atoms with Gasteiger partial charge in [-0.25, -0.2) is 64.7 Å². The molecule has 0 aromatic rings. The molecule has 0 aliphatic heterocycles. The van der Waals surface area contributed by atoms with E-state index < -0.39 is 233 Å². The first-order chi connectivity index (χ1) is 44.1. The molecular formula is C48H40F36O16. The molecule has 52 heteroatoms. The molecule has 580 valence electrons. The highest BCUT2D eigenvalue weighted by Crippen LogP contribution is 2.71. The fourth-order valence-electron chi connectivity index (χ4n) is 6.33. The van der Waals surface area contributed by atoms with Crippen LogP contribution >= 0.6 is 0 Å². The van der Waals surface area contributed by atoms with Gasteiger partial charge in [-0.15, -0.1) is 0 Å². The molecule has 2 rings (SSSR count). The largest absolute Gasteiger partial charge is 0.459 e. The van der Waals surface area contributed by atoms with Gasteiger partial charge < -0.3 is 37.9 Å². The maximum Gasteiger partial charge on any atom is 0.394 e. The Morgan fingerprint density at radius 3 is 0.690 bits per heavy atom. The molecule has 100 heavy (non-hydrogen) atoms. The van der Waals surface area contributed by atoms with E-state index in [0.29, 0.717) is 6.08 Å². The van der Waals surface area contributed by atoms with Gasteiger partial charge in [-0.3, -0.25) is 0 Å². The van der Waals surface area contributed by atoms with Gasteiger partial charge in [0.1, 0.15) is 65.7 Å². The zero-order valence-electron chi connectivity index (χ0n) is 48.6. The Kier molecular flexibility index (Phi) is 30.2. The van der Waals surface area contributed by atoms with Gasteiger partial charge in [-0.2, -0.15) is 132 Å². The third kappa shape index (κ3) is 20.3. The molecule has 0 unspecified atom stereocenters. The predicted molar refractivity (Wildman–Crippen MR) is 245 cm³/mol. The second-order valence-corrected chi connectivity index (χ2v) is 19.2. The number of carbonyl (C=O) groups is 8. The van der Waals surface area contributed by atoms with E-state index in [1.165, 1.54) is 6.92 Å². The normalized spacial score (nSPS) is 19.8. The van der Waals surface area contributed by atoms with Crippen LogP contribution in [0.25, 0.3) is 0 Å². The highest BCUT2D eigenvalue weighted by Gasteiger charge is 3.05. The quantitative estimate of drug-likeness (QED) is 0.0259. The second kappa shape index (κ2) is 32.0. The third-order valence-electron chi connectivity index (χ3n) is 11.2. The number of rotatable bonds is 26. The smallest absolute Gasteiger partial charge is 0.394 e. The predicted octanol–water partition coefficient (Wildman–Crippen LogP) is 12.8. The molecule has 0 radical (unpaired) electrons. The molecule has 0 amide bonds. The average molecular weight is 1560 g/mol. The van der Waals surface area contributed by atoms with E-state index in [1.54, 1.807) is 0 Å². The lowest BCUT2D eigenvalue weighted by Crippen LogP contribution is -2.85. The Labute approximate surface area is 530 Å². The van der Waals surface area contributed by atoms with Crippen molar-refractivity contribution >= 4 is 47.8 Å². The molecule has 0 atom stereocenters. The van der Waals surface area contributed by atoms with Crippen molar-refractivity contribution in [2.45, 2.75) is 146 Å². The average Bonchev–Trinajstić information content (AvgIpc) is 0.669. The molecule has 0 bridgehead atoms. The number of hydrogen-bond donors (Lipinski definition) is 0. The Morgan fingerprint density at radius 2 is 0.490 bits per heavy atom. The van der Waals surface area contributed by atoms with Gasteiger partial charge in [0.2, 0.25) is 0 Å². The summed E-state index contributed by atoms with van der Waals surface area (Å²) in [6, 6.07) is 0. The molecule has 0 spiro atoms. The molecular weight excluding hydrogens is 1520 g/mol. The summed E-state index contributed by atoms with van der Waals surface area (Å²) in [5.41, 5.74) is -14.0. The van der Waals surface area contributed by atoms with E-state index in [9.17, 15) is 196 Å². The van der Waals surface area contributed by atoms with Crippen molar-refractivity contribution in [3.8, 4) is 0 Å². The van der Waals surface area contributed by atoms with Gasteiger partial charge in [0.25, 0.3) is 11.8 Å². The molecule has 0 aromatic carbocycles. The molecule has 0 N–H and O–H groups in total. The van der Waals surface area contributed by atoms with E-state index in [1.807, 2.05) is 0 Å². The fourth-order valence-corrected chi connectivity index (χ4v) is 6.33. The van der Waals surface area contributed by atoms with Gasteiger partial charge in [0.05, 0.1) is 12.8 Å². The Bertz CT molecular complexity index is 2910. The SMILES string of the molecule is C=C(C)C(=O)OCCOC(=O)C(F)(F)CC(F)(F)CC(F)(F)F.C=C(C)C(=O)OCCOC(=O)C1(F)C(F)(F)C(F)(F)C(F)(F)C(F)(F)C1(F)F.C=CC(=O)OCCOC(=O)C(F)(F)CC(F)(F)CC(F)(F)F.C=CC(=O)OCCOC(=O)C1(F)C(F)(F)C(F)(F)C(F)(F)C(F)(F)C1(F)F. The number of halogens is 36. The minimum Gasteiger partial charge on any atom is -0.459 e. The van der Waals surface area contributed by atoms with Crippen molar-refractivity contribution in [1.82, 2.24) is 0 Å². The topological polar surface area (TPSA) is 210 Å². The minimum atomic E-state index is -7.43. The molecule has 16 nitrogen and oxygen atoms in total. The number of alkyl halides is 36. The van der Waals surface area contributed by atoms with E-state index in [4.69, 9.17) is 0 Å². The lowest BCUT2D eigenvalue weighted by Gasteiger charge is -2.50. The molecule has 0 saturated heterocycles. The number of hydrogen-bond acceptors (Lipinski definition) is 16. The molecule has 0 aromatic heterocycles. The summed E-state index contributed by atoms with van der Waals surface area (Å²) >= 11 is 0. The third-order valence-corrected chi connectivity index (χ3v) is 11.2. The van der Waals surface area contributed by atoms with Crippen LogP contribution in [0.15, 0.2) is 49.6 Å². The van der Waals surface area contributed by atoms with Crippen molar-refractivity contribution in [3.05, 3.63) is 49.6 Å². The molecule has 2 fully saturated rings. The van der Waals surface area contributed by atoms with E-state index in [0.717, 1.165) is 13.0 Å². The summed E-state index contributed by atoms with van der Waals surface area (Å²) in [6.07, 6.45) is -20.4. The second-order valence-electron chi connectivity index (χ2n) is 19.2. The van der Waals surface area contributed by atoms with Crippen LogP contribution in [0.1, 0.15) is 39.5 Å². The number of esters is 8. The lowest BCUT2D eigenvalue weighted by molar-refractivity contribution is -0.478. The molecule has 2 aliphatic carbocycles. The van der Waals surface area contributed by atoms with Crippen LogP contribution in [0.5, 0.6) is 0 Å². The molecule has 0 heterocycles. The zero-order valence-corrected chi connectivity index (χ0v) is 48.6. The zero-order chi connectivity index (χ0) is 80.3. The first-order valence-corrected chi connectivity index (χ1v) is 24.8. The number of ether oxygens (including phenoxy) is 8. The minimum absolute atomic E-state index is 0.0200. The van der Waals surface area contributed by atoms with Gasteiger partial charge in [-0.05, 0) is 13.8 Å². The van der Waals surface area contributed by atoms with Crippen LogP contribution in [-0.2, 0) is 76.3 Å². The highest BCUT2D eigenvalue weighted by atomic mass is 19.4. The van der Waals surface area contributed by atoms with Crippen molar-refractivity contribution in [3.63, 3.8) is 0 Å². The van der Waals surface area contributed by atoms with Gasteiger partial charge in [-0.1, -0.05) is 26.3 Å². The Hall–Kier alpha value is -7.80. The van der Waals surface area contributed by atoms with Crippen molar-refractivity contribution in [1.29, 1.82) is 0 Å². The monoisotopic (exact) mass is 1560 g/mol. The Balaban J connectivity index is 0. The van der Waals surface area contributed by atoms with Crippen LogP contribution in [0.2, 0.25) is 0 Å². The van der Waals surface area contributed by atoms with Gasteiger partial charge >= 0.3 is 143 Å².